The van der Waals surface area contributed by atoms with E-state index in [-0.39, 0.29) is 5.91 Å². The third-order valence-corrected chi connectivity index (χ3v) is 4.21. The van der Waals surface area contributed by atoms with Crippen molar-refractivity contribution in [3.05, 3.63) is 0 Å². The third-order valence-electron chi connectivity index (χ3n) is 4.21. The van der Waals surface area contributed by atoms with Crippen molar-refractivity contribution in [2.75, 3.05) is 0 Å². The van der Waals surface area contributed by atoms with E-state index in [4.69, 9.17) is 0 Å². The second-order valence-electron chi connectivity index (χ2n) is 5.56. The molecule has 1 heterocycles. The summed E-state index contributed by atoms with van der Waals surface area (Å²) in [4.78, 5) is 23.1. The van der Waals surface area contributed by atoms with Gasteiger partial charge in [-0.1, -0.05) is 12.8 Å². The van der Waals surface area contributed by atoms with Gasteiger partial charge in [-0.3, -0.25) is 10.1 Å². The Morgan fingerprint density at radius 1 is 1.31 bits per heavy atom. The summed E-state index contributed by atoms with van der Waals surface area (Å²) >= 11 is 0. The quantitative estimate of drug-likeness (QED) is 0.517. The monoisotopic (exact) mass is 224 g/mol. The van der Waals surface area contributed by atoms with Crippen LogP contribution in [0.3, 0.4) is 0 Å². The average molecular weight is 224 g/mol. The number of hydrogen-bond acceptors (Lipinski definition) is 3. The van der Waals surface area contributed by atoms with Crippen LogP contribution in [-0.4, -0.2) is 28.2 Å². The lowest BCUT2D eigenvalue weighted by Gasteiger charge is -2.48. The number of aliphatic hydroxyl groups is 1. The van der Waals surface area contributed by atoms with Gasteiger partial charge in [0.15, 0.2) is 0 Å². The van der Waals surface area contributed by atoms with E-state index in [0.29, 0.717) is 18.8 Å². The number of hydrogen-bond donors (Lipinski definition) is 3. The molecule has 0 radical (unpaired) electrons. The van der Waals surface area contributed by atoms with Gasteiger partial charge in [0.05, 0.1) is 5.60 Å². The molecular formula is C11H16N2O3. The molecule has 88 valence electrons. The van der Waals surface area contributed by atoms with Crippen molar-refractivity contribution < 1.29 is 14.7 Å². The Morgan fingerprint density at radius 2 is 2.12 bits per heavy atom. The Labute approximate surface area is 93.6 Å². The molecule has 0 unspecified atom stereocenters. The van der Waals surface area contributed by atoms with E-state index in [1.165, 1.54) is 0 Å². The molecule has 0 aromatic heterocycles. The highest BCUT2D eigenvalue weighted by atomic mass is 16.3. The highest BCUT2D eigenvalue weighted by Crippen LogP contribution is 2.47. The van der Waals surface area contributed by atoms with Crippen molar-refractivity contribution in [3.8, 4) is 0 Å². The number of imide groups is 1. The van der Waals surface area contributed by atoms with E-state index in [9.17, 15) is 14.7 Å². The highest BCUT2D eigenvalue weighted by molar-refractivity contribution is 6.07. The molecule has 1 saturated heterocycles. The van der Waals surface area contributed by atoms with E-state index in [1.54, 1.807) is 0 Å². The molecule has 0 aromatic carbocycles. The number of amides is 3. The number of rotatable bonds is 0. The topological polar surface area (TPSA) is 78.4 Å². The van der Waals surface area contributed by atoms with Crippen LogP contribution in [0.15, 0.2) is 0 Å². The molecule has 1 spiro atoms. The largest absolute Gasteiger partial charge is 0.390 e. The van der Waals surface area contributed by atoms with Gasteiger partial charge >= 0.3 is 6.03 Å². The molecule has 1 aliphatic heterocycles. The SMILES string of the molecule is O=C1NC(=O)[C@@]2(C[C@H]3CCC[C@@](O)(C3)C2)N1. The summed E-state index contributed by atoms with van der Waals surface area (Å²) in [6, 6.07) is -0.423. The van der Waals surface area contributed by atoms with Crippen molar-refractivity contribution in [3.63, 3.8) is 0 Å². The lowest BCUT2D eigenvalue weighted by atomic mass is 9.62. The van der Waals surface area contributed by atoms with Gasteiger partial charge in [-0.2, -0.15) is 0 Å². The van der Waals surface area contributed by atoms with Crippen molar-refractivity contribution in [1.29, 1.82) is 0 Å². The zero-order chi connectivity index (χ0) is 11.4. The molecule has 3 rings (SSSR count). The lowest BCUT2D eigenvalue weighted by molar-refractivity contribution is -0.135. The van der Waals surface area contributed by atoms with Gasteiger partial charge in [0.25, 0.3) is 5.91 Å². The van der Waals surface area contributed by atoms with Crippen LogP contribution >= 0.6 is 0 Å². The molecule has 3 aliphatic rings. The Morgan fingerprint density at radius 3 is 2.75 bits per heavy atom. The van der Waals surface area contributed by atoms with E-state index in [0.717, 1.165) is 25.7 Å². The fraction of sp³-hybridized carbons (Fsp3) is 0.818. The van der Waals surface area contributed by atoms with Crippen LogP contribution in [0.4, 0.5) is 4.79 Å². The van der Waals surface area contributed by atoms with Crippen LogP contribution in [0.25, 0.3) is 0 Å². The number of carbonyl (C=O) groups is 2. The first-order valence-electron chi connectivity index (χ1n) is 5.87. The van der Waals surface area contributed by atoms with Crippen molar-refractivity contribution >= 4 is 11.9 Å². The zero-order valence-electron chi connectivity index (χ0n) is 9.08. The van der Waals surface area contributed by atoms with Crippen molar-refractivity contribution in [1.82, 2.24) is 10.6 Å². The normalized spacial score (nSPS) is 46.7. The Balaban J connectivity index is 1.92. The second-order valence-corrected chi connectivity index (χ2v) is 5.56. The first-order chi connectivity index (χ1) is 7.51. The maximum absolute atomic E-state index is 11.8. The van der Waals surface area contributed by atoms with E-state index in [1.807, 2.05) is 0 Å². The molecule has 16 heavy (non-hydrogen) atoms. The Bertz CT molecular complexity index is 370. The number of urea groups is 1. The standard InChI is InChI=1S/C11H16N2O3/c14-8-11(13-9(15)12-8)5-7-2-1-3-10(16,4-7)6-11/h7,16H,1-6H2,(H2,12,13,14,15)/t7-,10+,11-/m0/s1. The van der Waals surface area contributed by atoms with Gasteiger partial charge in [-0.25, -0.2) is 4.79 Å². The molecule has 2 saturated carbocycles. The van der Waals surface area contributed by atoms with Gasteiger partial charge in [0.1, 0.15) is 5.54 Å². The lowest BCUT2D eigenvalue weighted by Crippen LogP contribution is -2.59. The molecule has 3 fully saturated rings. The zero-order valence-corrected chi connectivity index (χ0v) is 9.08. The molecule has 3 atom stereocenters. The van der Waals surface area contributed by atoms with Crippen LogP contribution in [0.2, 0.25) is 0 Å². The average Bonchev–Trinajstić information content (AvgIpc) is 2.38. The minimum Gasteiger partial charge on any atom is -0.390 e. The molecule has 2 bridgehead atoms. The Kier molecular flexibility index (Phi) is 1.87. The van der Waals surface area contributed by atoms with Gasteiger partial charge in [0.2, 0.25) is 0 Å². The molecule has 5 nitrogen and oxygen atoms in total. The third kappa shape index (κ3) is 1.34. The minimum atomic E-state index is -0.838. The molecule has 3 N–H and O–H groups in total. The number of nitrogens with one attached hydrogen (secondary N) is 2. The first kappa shape index (κ1) is 10.1. The summed E-state index contributed by atoms with van der Waals surface area (Å²) in [5, 5.41) is 15.4. The van der Waals surface area contributed by atoms with E-state index in [2.05, 4.69) is 10.6 Å². The van der Waals surface area contributed by atoms with Crippen LogP contribution < -0.4 is 10.6 Å². The van der Waals surface area contributed by atoms with Crippen molar-refractivity contribution in [2.24, 2.45) is 5.92 Å². The summed E-state index contributed by atoms with van der Waals surface area (Å²) < 4.78 is 0. The smallest absolute Gasteiger partial charge is 0.322 e. The second kappa shape index (κ2) is 2.97. The molecule has 2 aliphatic carbocycles. The van der Waals surface area contributed by atoms with E-state index >= 15 is 0 Å². The van der Waals surface area contributed by atoms with Crippen LogP contribution in [-0.2, 0) is 4.79 Å². The predicted molar refractivity (Wildman–Crippen MR) is 55.5 cm³/mol. The summed E-state index contributed by atoms with van der Waals surface area (Å²) in [6.07, 6.45) is 4.63. The molecule has 5 heteroatoms. The highest BCUT2D eigenvalue weighted by Gasteiger charge is 2.56. The van der Waals surface area contributed by atoms with Gasteiger partial charge in [0, 0.05) is 6.42 Å². The fourth-order valence-electron chi connectivity index (χ4n) is 3.72. The predicted octanol–water partition coefficient (Wildman–Crippen LogP) is 0.280. The van der Waals surface area contributed by atoms with Crippen LogP contribution in [0.1, 0.15) is 38.5 Å². The molecule has 3 amide bonds. The summed E-state index contributed by atoms with van der Waals surface area (Å²) in [6.45, 7) is 0. The summed E-state index contributed by atoms with van der Waals surface area (Å²) in [7, 11) is 0. The van der Waals surface area contributed by atoms with Gasteiger partial charge < -0.3 is 10.4 Å². The Hall–Kier alpha value is -1.10. The molecular weight excluding hydrogens is 208 g/mol. The summed E-state index contributed by atoms with van der Waals surface area (Å²) in [5.74, 6) is 0.0965. The van der Waals surface area contributed by atoms with Crippen molar-refractivity contribution in [2.45, 2.75) is 49.7 Å². The molecule has 0 aromatic rings. The van der Waals surface area contributed by atoms with Crippen LogP contribution in [0, 0.1) is 5.92 Å². The van der Waals surface area contributed by atoms with Gasteiger partial charge in [-0.05, 0) is 25.2 Å². The maximum atomic E-state index is 11.8. The first-order valence-corrected chi connectivity index (χ1v) is 5.87. The number of carbonyl (C=O) groups excluding carboxylic acids is 2. The van der Waals surface area contributed by atoms with Crippen LogP contribution in [0.5, 0.6) is 0 Å². The van der Waals surface area contributed by atoms with Gasteiger partial charge in [-0.15, -0.1) is 0 Å². The summed E-state index contributed by atoms with van der Waals surface area (Å²) in [5.41, 5.74) is -1.59. The number of fused-ring (bicyclic) bond motifs is 2. The fourth-order valence-corrected chi connectivity index (χ4v) is 3.72. The van der Waals surface area contributed by atoms with E-state index < -0.39 is 17.2 Å². The minimum absolute atomic E-state index is 0.262. The maximum Gasteiger partial charge on any atom is 0.322 e.